The minimum atomic E-state index is -3.71. The van der Waals surface area contributed by atoms with Crippen molar-refractivity contribution in [1.29, 1.82) is 0 Å². The van der Waals surface area contributed by atoms with E-state index < -0.39 is 55.2 Å². The van der Waals surface area contributed by atoms with Gasteiger partial charge in [0.1, 0.15) is 24.2 Å². The van der Waals surface area contributed by atoms with Gasteiger partial charge in [0.15, 0.2) is 35.0 Å². The molecule has 12 nitrogen and oxygen atoms in total. The average molecular weight is 615 g/mol. The first kappa shape index (κ1) is 31.1. The average Bonchev–Trinajstić information content (AvgIpc) is 3.39. The molecule has 0 amide bonds. The van der Waals surface area contributed by atoms with Crippen LogP contribution in [0, 0.1) is 6.92 Å². The van der Waals surface area contributed by atoms with Gasteiger partial charge in [-0.3, -0.25) is 9.36 Å². The van der Waals surface area contributed by atoms with Crippen molar-refractivity contribution in [1.82, 2.24) is 24.6 Å². The number of carbonyl (C=O) groups excluding carboxylic acids is 1. The maximum Gasteiger partial charge on any atom is 0.323 e. The van der Waals surface area contributed by atoms with Gasteiger partial charge in [0.2, 0.25) is 0 Å². The number of nitrogens with one attached hydrogen (secondary N) is 2. The Morgan fingerprint density at radius 2 is 1.95 bits per heavy atom. The van der Waals surface area contributed by atoms with Crippen LogP contribution in [0.25, 0.3) is 11.2 Å². The highest BCUT2D eigenvalue weighted by Crippen LogP contribution is 2.52. The van der Waals surface area contributed by atoms with Gasteiger partial charge < -0.3 is 28.9 Å². The number of hydrogen-bond donors (Lipinski definition) is 3. The van der Waals surface area contributed by atoms with Crippen LogP contribution in [-0.4, -0.2) is 74.0 Å². The maximum atomic E-state index is 16.3. The lowest BCUT2D eigenvalue weighted by atomic mass is 9.97. The predicted molar refractivity (Wildman–Crippen MR) is 150 cm³/mol. The summed E-state index contributed by atoms with van der Waals surface area (Å²) >= 11 is 5.60. The van der Waals surface area contributed by atoms with Gasteiger partial charge >= 0.3 is 12.6 Å². The van der Waals surface area contributed by atoms with Gasteiger partial charge in [0, 0.05) is 7.05 Å². The summed E-state index contributed by atoms with van der Waals surface area (Å²) in [4.78, 5) is 25.2. The van der Waals surface area contributed by atoms with E-state index >= 15 is 8.78 Å². The van der Waals surface area contributed by atoms with Crippen LogP contribution in [0.2, 0.25) is 0 Å². The zero-order valence-electron chi connectivity index (χ0n) is 23.4. The van der Waals surface area contributed by atoms with Crippen molar-refractivity contribution in [3.05, 3.63) is 42.5 Å². The molecule has 2 aromatic heterocycles. The normalized spacial score (nSPS) is 26.6. The molecule has 0 bridgehead atoms. The first-order valence-corrected chi connectivity index (χ1v) is 15.4. The Labute approximate surface area is 241 Å². The molecule has 1 aromatic carbocycles. The topological polar surface area (TPSA) is 142 Å². The van der Waals surface area contributed by atoms with Gasteiger partial charge in [-0.15, -0.1) is 0 Å². The molecule has 0 unspecified atom stereocenters. The molecular formula is C25H33F2N6O6PS. The molecule has 0 radical (unpaired) electrons. The number of aliphatic hydroxyl groups excluding tert-OH is 1. The number of rotatable bonds is 11. The molecule has 0 aliphatic carbocycles. The summed E-state index contributed by atoms with van der Waals surface area (Å²) in [6.45, 7) is 2.74. The van der Waals surface area contributed by atoms with E-state index in [1.807, 2.05) is 0 Å². The third-order valence-corrected chi connectivity index (χ3v) is 8.69. The molecule has 1 saturated heterocycles. The van der Waals surface area contributed by atoms with Crippen LogP contribution in [0.1, 0.15) is 39.7 Å². The van der Waals surface area contributed by atoms with Crippen molar-refractivity contribution in [2.24, 2.45) is 0 Å². The van der Waals surface area contributed by atoms with E-state index in [1.54, 1.807) is 58.2 Å². The number of fused-ring (bicyclic) bond motifs is 1. The summed E-state index contributed by atoms with van der Waals surface area (Å²) < 4.78 is 55.8. The minimum Gasteiger partial charge on any atom is -0.462 e. The Morgan fingerprint density at radius 3 is 2.59 bits per heavy atom. The SMILES string of the molecule is CNc1nc(C)nc2c1ncn2[C@@H]1O[C@](F)(CO[P@](=S)(N[C@@H](C)C(=O)OC(C)C)Oc2ccccc2)[C@@H](O)[C@@]1(C)F. The minimum absolute atomic E-state index is 0.171. The van der Waals surface area contributed by atoms with E-state index in [-0.39, 0.29) is 11.4 Å². The molecule has 41 heavy (non-hydrogen) atoms. The lowest BCUT2D eigenvalue weighted by molar-refractivity contribution is -0.202. The lowest BCUT2D eigenvalue weighted by Gasteiger charge is -2.30. The largest absolute Gasteiger partial charge is 0.462 e. The van der Waals surface area contributed by atoms with Crippen molar-refractivity contribution in [3.63, 3.8) is 0 Å². The molecule has 0 spiro atoms. The van der Waals surface area contributed by atoms with Gasteiger partial charge in [-0.05, 0) is 58.6 Å². The number of ether oxygens (including phenoxy) is 2. The summed E-state index contributed by atoms with van der Waals surface area (Å²) in [6.07, 6.45) is -3.16. The molecule has 0 saturated carbocycles. The fourth-order valence-corrected chi connectivity index (χ4v) is 6.64. The number of carbonyl (C=O) groups is 1. The molecule has 1 fully saturated rings. The van der Waals surface area contributed by atoms with Gasteiger partial charge in [-0.25, -0.2) is 28.8 Å². The molecular weight excluding hydrogens is 581 g/mol. The van der Waals surface area contributed by atoms with Gasteiger partial charge in [0.05, 0.1) is 12.4 Å². The molecule has 4 rings (SSSR count). The standard InChI is InChI=1S/C25H33F2N6O6PS/c1-14(2)37-21(34)15(3)32-40(41,39-17-10-8-7-9-11-17)36-12-25(27)22(35)24(5,26)23(38-25)33-13-29-18-19(28-6)30-16(4)31-20(18)33/h7-11,13-15,22-23,35H,12H2,1-6H3,(H,32,41)(H,28,30,31)/t15-,22-,23+,24+,25+,40+/m0/s1. The number of aliphatic hydroxyl groups is 1. The number of nitrogens with zero attached hydrogens (tertiary/aromatic N) is 4. The second-order valence-electron chi connectivity index (χ2n) is 10.0. The van der Waals surface area contributed by atoms with E-state index in [4.69, 9.17) is 30.3 Å². The highest BCUT2D eigenvalue weighted by molar-refractivity contribution is 8.09. The van der Waals surface area contributed by atoms with E-state index in [0.717, 1.165) is 6.92 Å². The summed E-state index contributed by atoms with van der Waals surface area (Å²) in [5, 5.41) is 16.5. The van der Waals surface area contributed by atoms with Crippen molar-refractivity contribution >= 4 is 41.4 Å². The Balaban J connectivity index is 1.61. The van der Waals surface area contributed by atoms with E-state index in [1.165, 1.54) is 17.8 Å². The van der Waals surface area contributed by atoms with Crippen LogP contribution in [0.15, 0.2) is 36.7 Å². The van der Waals surface area contributed by atoms with Gasteiger partial charge in [0.25, 0.3) is 5.85 Å². The summed E-state index contributed by atoms with van der Waals surface area (Å²) in [7, 11) is 1.64. The van der Waals surface area contributed by atoms with E-state index in [2.05, 4.69) is 25.4 Å². The van der Waals surface area contributed by atoms with Gasteiger partial charge in [-0.2, -0.15) is 0 Å². The number of aryl methyl sites for hydroxylation is 1. The Morgan fingerprint density at radius 1 is 1.27 bits per heavy atom. The monoisotopic (exact) mass is 614 g/mol. The molecule has 3 N–H and O–H groups in total. The van der Waals surface area contributed by atoms with Crippen LogP contribution >= 0.6 is 6.64 Å². The molecule has 1 aliphatic heterocycles. The van der Waals surface area contributed by atoms with Crippen molar-refractivity contribution in [2.75, 3.05) is 19.0 Å². The first-order chi connectivity index (χ1) is 19.2. The summed E-state index contributed by atoms with van der Waals surface area (Å²) in [6, 6.07) is 7.31. The number of para-hydroxylation sites is 1. The smallest absolute Gasteiger partial charge is 0.323 e. The van der Waals surface area contributed by atoms with E-state index in [0.29, 0.717) is 17.2 Å². The van der Waals surface area contributed by atoms with Crippen LogP contribution in [0.4, 0.5) is 14.6 Å². The first-order valence-electron chi connectivity index (χ1n) is 12.8. The second kappa shape index (κ2) is 11.8. The molecule has 224 valence electrons. The summed E-state index contributed by atoms with van der Waals surface area (Å²) in [5.41, 5.74) is -2.18. The second-order valence-corrected chi connectivity index (χ2v) is 13.2. The molecule has 3 heterocycles. The van der Waals surface area contributed by atoms with Crippen LogP contribution in [0.5, 0.6) is 5.75 Å². The third kappa shape index (κ3) is 6.50. The van der Waals surface area contributed by atoms with Crippen molar-refractivity contribution in [3.8, 4) is 5.75 Å². The quantitative estimate of drug-likeness (QED) is 0.214. The van der Waals surface area contributed by atoms with Crippen LogP contribution in [-0.2, 0) is 30.6 Å². The lowest BCUT2D eigenvalue weighted by Crippen LogP contribution is -2.47. The number of alkyl halides is 2. The number of anilines is 1. The van der Waals surface area contributed by atoms with Gasteiger partial charge in [-0.1, -0.05) is 18.2 Å². The van der Waals surface area contributed by atoms with Crippen molar-refractivity contribution < 1.29 is 37.2 Å². The highest BCUT2D eigenvalue weighted by Gasteiger charge is 2.65. The fourth-order valence-electron chi connectivity index (χ4n) is 4.24. The zero-order chi connectivity index (χ0) is 30.2. The number of hydrogen-bond acceptors (Lipinski definition) is 11. The highest BCUT2D eigenvalue weighted by atomic mass is 32.5. The number of halogens is 2. The van der Waals surface area contributed by atoms with Crippen LogP contribution < -0.4 is 14.9 Å². The number of aromatic nitrogens is 4. The molecule has 16 heteroatoms. The maximum absolute atomic E-state index is 16.3. The number of benzene rings is 1. The van der Waals surface area contributed by atoms with E-state index in [9.17, 15) is 9.90 Å². The molecule has 6 atom stereocenters. The Bertz CT molecular complexity index is 1450. The fraction of sp³-hybridized carbons (Fsp3) is 0.520. The molecule has 3 aromatic rings. The zero-order valence-corrected chi connectivity index (χ0v) is 25.1. The summed E-state index contributed by atoms with van der Waals surface area (Å²) in [5.74, 6) is -2.69. The number of imidazole rings is 1. The van der Waals surface area contributed by atoms with Crippen molar-refractivity contribution in [2.45, 2.75) is 70.6 Å². The van der Waals surface area contributed by atoms with Crippen LogP contribution in [0.3, 0.4) is 0 Å². The Kier molecular flexibility index (Phi) is 8.98. The third-order valence-electron chi connectivity index (χ3n) is 6.21. The predicted octanol–water partition coefficient (Wildman–Crippen LogP) is 3.71. The number of esters is 1. The molecule has 1 aliphatic rings. The Hall–Kier alpha value is -2.81.